The van der Waals surface area contributed by atoms with Gasteiger partial charge in [0, 0.05) is 17.5 Å². The summed E-state index contributed by atoms with van der Waals surface area (Å²) in [5.74, 6) is -0.0172. The fourth-order valence-electron chi connectivity index (χ4n) is 4.58. The summed E-state index contributed by atoms with van der Waals surface area (Å²) in [5.41, 5.74) is 14.6. The molecule has 3 rings (SSSR count). The van der Waals surface area contributed by atoms with E-state index in [-0.39, 0.29) is 18.7 Å². The van der Waals surface area contributed by atoms with Crippen molar-refractivity contribution in [1.29, 1.82) is 0 Å². The van der Waals surface area contributed by atoms with E-state index in [4.69, 9.17) is 20.9 Å². The molecular weight excluding hydrogens is 452 g/mol. The summed E-state index contributed by atoms with van der Waals surface area (Å²) < 4.78 is 11.0. The van der Waals surface area contributed by atoms with Gasteiger partial charge in [-0.3, -0.25) is 0 Å². The molecule has 1 saturated carbocycles. The molecule has 2 aromatic carbocycles. The van der Waals surface area contributed by atoms with Crippen LogP contribution in [0.2, 0.25) is 0 Å². The lowest BCUT2D eigenvalue weighted by atomic mass is 9.84. The number of carbonyl (C=O) groups excluding carboxylic acids is 2. The highest BCUT2D eigenvalue weighted by Crippen LogP contribution is 2.30. The molecule has 4 N–H and O–H groups in total. The van der Waals surface area contributed by atoms with Crippen molar-refractivity contribution in [3.05, 3.63) is 77.9 Å². The average molecular weight is 491 g/mol. The maximum absolute atomic E-state index is 12.6. The van der Waals surface area contributed by atoms with Crippen LogP contribution in [0.5, 0.6) is 0 Å². The largest absolute Gasteiger partial charge is 0.459 e. The average Bonchev–Trinajstić information content (AvgIpc) is 2.87. The van der Waals surface area contributed by atoms with Gasteiger partial charge >= 0.3 is 11.9 Å². The van der Waals surface area contributed by atoms with Crippen LogP contribution in [0.25, 0.3) is 6.08 Å². The number of unbranched alkanes of at least 4 members (excludes halogenated alkanes) is 3. The van der Waals surface area contributed by atoms with Crippen molar-refractivity contribution in [2.75, 3.05) is 11.5 Å². The van der Waals surface area contributed by atoms with Crippen molar-refractivity contribution in [3.8, 4) is 0 Å². The summed E-state index contributed by atoms with van der Waals surface area (Å²) in [6.07, 6.45) is 15.3. The molecule has 2 aromatic rings. The van der Waals surface area contributed by atoms with Crippen LogP contribution in [0.3, 0.4) is 0 Å². The summed E-state index contributed by atoms with van der Waals surface area (Å²) in [4.78, 5) is 24.6. The topological polar surface area (TPSA) is 105 Å². The van der Waals surface area contributed by atoms with Gasteiger partial charge in [0.2, 0.25) is 0 Å². The first kappa shape index (κ1) is 27.1. The van der Waals surface area contributed by atoms with Crippen LogP contribution in [-0.2, 0) is 20.9 Å². The number of esters is 2. The van der Waals surface area contributed by atoms with E-state index in [1.54, 1.807) is 48.5 Å². The summed E-state index contributed by atoms with van der Waals surface area (Å²) in [5, 5.41) is 0. The second kappa shape index (κ2) is 14.1. The predicted octanol–water partition coefficient (Wildman–Crippen LogP) is 6.46. The maximum Gasteiger partial charge on any atom is 0.338 e. The van der Waals surface area contributed by atoms with E-state index in [0.29, 0.717) is 16.9 Å². The second-order valence-electron chi connectivity index (χ2n) is 9.55. The quantitative estimate of drug-likeness (QED) is 0.116. The van der Waals surface area contributed by atoms with Crippen molar-refractivity contribution in [1.82, 2.24) is 0 Å². The van der Waals surface area contributed by atoms with Crippen LogP contribution >= 0.6 is 0 Å². The minimum absolute atomic E-state index is 0.000766. The Morgan fingerprint density at radius 3 is 2.31 bits per heavy atom. The highest BCUT2D eigenvalue weighted by molar-refractivity contribution is 5.90. The summed E-state index contributed by atoms with van der Waals surface area (Å²) in [6, 6.07) is 12.1. The van der Waals surface area contributed by atoms with Crippen LogP contribution in [0.1, 0.15) is 79.3 Å². The molecule has 192 valence electrons. The molecule has 1 aliphatic rings. The third kappa shape index (κ3) is 9.25. The van der Waals surface area contributed by atoms with Gasteiger partial charge in [0.05, 0.1) is 5.56 Å². The Morgan fingerprint density at radius 2 is 1.64 bits per heavy atom. The van der Waals surface area contributed by atoms with Crippen molar-refractivity contribution < 1.29 is 19.1 Å². The summed E-state index contributed by atoms with van der Waals surface area (Å²) in [7, 11) is 0. The Labute approximate surface area is 214 Å². The van der Waals surface area contributed by atoms with Crippen LogP contribution in [0.15, 0.2) is 61.2 Å². The van der Waals surface area contributed by atoms with Crippen LogP contribution in [0.4, 0.5) is 11.4 Å². The number of rotatable bonds is 12. The number of benzene rings is 2. The number of ether oxygens (including phenoxy) is 2. The fourth-order valence-corrected chi connectivity index (χ4v) is 4.58. The zero-order valence-electron chi connectivity index (χ0n) is 21.0. The lowest BCUT2D eigenvalue weighted by Crippen LogP contribution is -2.24. The lowest BCUT2D eigenvalue weighted by Gasteiger charge is -2.28. The first-order chi connectivity index (χ1) is 17.4. The first-order valence-electron chi connectivity index (χ1n) is 12.8. The van der Waals surface area contributed by atoms with E-state index in [1.165, 1.54) is 31.8 Å². The van der Waals surface area contributed by atoms with Gasteiger partial charge in [-0.25, -0.2) is 9.59 Å². The fraction of sp³-hybridized carbons (Fsp3) is 0.400. The van der Waals surface area contributed by atoms with E-state index < -0.39 is 5.97 Å². The third-order valence-electron chi connectivity index (χ3n) is 6.56. The molecule has 1 aliphatic carbocycles. The molecule has 0 unspecified atom stereocenters. The number of nitrogens with two attached hydrogens (primary N) is 2. The van der Waals surface area contributed by atoms with Crippen molar-refractivity contribution in [2.24, 2.45) is 5.92 Å². The number of hydrogen-bond acceptors (Lipinski definition) is 6. The van der Waals surface area contributed by atoms with E-state index in [0.717, 1.165) is 49.1 Å². The molecule has 1 fully saturated rings. The molecule has 0 spiro atoms. The van der Waals surface area contributed by atoms with Crippen LogP contribution in [0, 0.1) is 5.92 Å². The number of nitrogen functional groups attached to an aromatic ring is 2. The monoisotopic (exact) mass is 490 g/mol. The highest BCUT2D eigenvalue weighted by Gasteiger charge is 2.24. The van der Waals surface area contributed by atoms with Gasteiger partial charge in [0.1, 0.15) is 12.7 Å². The molecule has 0 saturated heterocycles. The van der Waals surface area contributed by atoms with Gasteiger partial charge in [-0.2, -0.15) is 0 Å². The van der Waals surface area contributed by atoms with Gasteiger partial charge in [0.25, 0.3) is 0 Å². The number of carbonyl (C=O) groups is 2. The molecule has 0 amide bonds. The Hall–Kier alpha value is -3.54. The number of anilines is 2. The highest BCUT2D eigenvalue weighted by atomic mass is 16.5. The molecule has 6 heteroatoms. The third-order valence-corrected chi connectivity index (χ3v) is 6.56. The van der Waals surface area contributed by atoms with Gasteiger partial charge < -0.3 is 20.9 Å². The SMILES string of the molecule is C=CCCCCCC1CCC(OC(=O)c2ccc(C=CC(=O)OCc3cc(N)cc(N)c3)cc2)CC1. The summed E-state index contributed by atoms with van der Waals surface area (Å²) >= 11 is 0. The first-order valence-corrected chi connectivity index (χ1v) is 12.8. The van der Waals surface area contributed by atoms with Crippen molar-refractivity contribution >= 4 is 29.4 Å². The van der Waals surface area contributed by atoms with Gasteiger partial charge in [-0.05, 0) is 92.0 Å². The molecule has 0 bridgehead atoms. The molecule has 0 atom stereocenters. The molecule has 0 radical (unpaired) electrons. The minimum atomic E-state index is -0.480. The molecule has 0 heterocycles. The number of hydrogen-bond donors (Lipinski definition) is 2. The normalized spacial score (nSPS) is 17.6. The van der Waals surface area contributed by atoms with Gasteiger partial charge in [-0.15, -0.1) is 6.58 Å². The lowest BCUT2D eigenvalue weighted by molar-refractivity contribution is -0.138. The zero-order valence-corrected chi connectivity index (χ0v) is 21.0. The Bertz CT molecular complexity index is 1020. The van der Waals surface area contributed by atoms with Gasteiger partial charge in [-0.1, -0.05) is 37.5 Å². The molecular formula is C30H38N2O4. The van der Waals surface area contributed by atoms with E-state index in [2.05, 4.69) is 6.58 Å². The Balaban J connectivity index is 1.38. The van der Waals surface area contributed by atoms with E-state index in [9.17, 15) is 9.59 Å². The predicted molar refractivity (Wildman–Crippen MR) is 145 cm³/mol. The molecule has 0 aliphatic heterocycles. The zero-order chi connectivity index (χ0) is 25.8. The Kier molecular flexibility index (Phi) is 10.6. The van der Waals surface area contributed by atoms with Crippen LogP contribution in [-0.4, -0.2) is 18.0 Å². The van der Waals surface area contributed by atoms with Crippen LogP contribution < -0.4 is 11.5 Å². The molecule has 0 aromatic heterocycles. The van der Waals surface area contributed by atoms with E-state index in [1.807, 2.05) is 6.08 Å². The van der Waals surface area contributed by atoms with Gasteiger partial charge in [0.15, 0.2) is 0 Å². The Morgan fingerprint density at radius 1 is 0.944 bits per heavy atom. The van der Waals surface area contributed by atoms with Crippen molar-refractivity contribution in [3.63, 3.8) is 0 Å². The molecule has 36 heavy (non-hydrogen) atoms. The second-order valence-corrected chi connectivity index (χ2v) is 9.55. The maximum atomic E-state index is 12.6. The summed E-state index contributed by atoms with van der Waals surface area (Å²) in [6.45, 7) is 3.86. The van der Waals surface area contributed by atoms with Crippen molar-refractivity contribution in [2.45, 2.75) is 70.5 Å². The smallest absolute Gasteiger partial charge is 0.338 e. The molecule has 6 nitrogen and oxygen atoms in total. The number of allylic oxidation sites excluding steroid dienone is 1. The standard InChI is InChI=1S/C30H38N2O4/c1-2-3-4-5-6-7-22-10-15-28(16-11-22)36-30(34)25-13-8-23(9-14-25)12-17-29(33)35-21-24-18-26(31)20-27(32)19-24/h2,8-9,12-14,17-20,22,28H,1,3-7,10-11,15-16,21,31-32H2. The minimum Gasteiger partial charge on any atom is -0.459 e. The van der Waals surface area contributed by atoms with E-state index >= 15 is 0 Å².